The summed E-state index contributed by atoms with van der Waals surface area (Å²) in [5, 5.41) is 3.84. The number of hydrogen-bond donors (Lipinski definition) is 1. The van der Waals surface area contributed by atoms with E-state index in [1.54, 1.807) is 0 Å². The van der Waals surface area contributed by atoms with Gasteiger partial charge >= 0.3 is 0 Å². The van der Waals surface area contributed by atoms with Crippen molar-refractivity contribution in [2.45, 2.75) is 78.7 Å². The molecule has 0 aliphatic heterocycles. The first-order valence-electron chi connectivity index (χ1n) is 7.37. The summed E-state index contributed by atoms with van der Waals surface area (Å²) in [6.07, 6.45) is 9.70. The Labute approximate surface area is 102 Å². The molecule has 1 N–H and O–H groups in total. The molecule has 0 spiro atoms. The molecular weight excluding hydrogens is 194 g/mol. The van der Waals surface area contributed by atoms with E-state index in [9.17, 15) is 0 Å². The SMILES string of the molecule is CCCNC(C(C)CCC)C1(C)CCCC1. The monoisotopic (exact) mass is 225 g/mol. The first-order chi connectivity index (χ1) is 7.64. The van der Waals surface area contributed by atoms with Crippen molar-refractivity contribution in [3.8, 4) is 0 Å². The van der Waals surface area contributed by atoms with Gasteiger partial charge in [-0.1, -0.05) is 47.0 Å². The highest BCUT2D eigenvalue weighted by Gasteiger charge is 2.38. The predicted molar refractivity (Wildman–Crippen MR) is 72.7 cm³/mol. The third-order valence-electron chi connectivity index (χ3n) is 4.42. The van der Waals surface area contributed by atoms with Gasteiger partial charge in [-0.05, 0) is 43.6 Å². The maximum Gasteiger partial charge on any atom is 0.0146 e. The average molecular weight is 225 g/mol. The molecule has 1 fully saturated rings. The Balaban J connectivity index is 2.61. The molecule has 0 amide bonds. The van der Waals surface area contributed by atoms with Crippen LogP contribution in [-0.2, 0) is 0 Å². The van der Waals surface area contributed by atoms with Gasteiger partial charge in [0.25, 0.3) is 0 Å². The minimum absolute atomic E-state index is 0.573. The third-order valence-corrected chi connectivity index (χ3v) is 4.42. The molecule has 2 unspecified atom stereocenters. The Morgan fingerprint density at radius 3 is 2.25 bits per heavy atom. The number of hydrogen-bond acceptors (Lipinski definition) is 1. The second-order valence-electron chi connectivity index (χ2n) is 6.06. The summed E-state index contributed by atoms with van der Waals surface area (Å²) in [7, 11) is 0. The molecule has 1 nitrogen and oxygen atoms in total. The van der Waals surface area contributed by atoms with Gasteiger partial charge in [-0.3, -0.25) is 0 Å². The number of nitrogens with one attached hydrogen (secondary N) is 1. The lowest BCUT2D eigenvalue weighted by atomic mass is 9.74. The van der Waals surface area contributed by atoms with Crippen LogP contribution in [0.2, 0.25) is 0 Å². The lowest BCUT2D eigenvalue weighted by Gasteiger charge is -2.39. The van der Waals surface area contributed by atoms with E-state index in [0.29, 0.717) is 5.41 Å². The fraction of sp³-hybridized carbons (Fsp3) is 1.00. The first kappa shape index (κ1) is 14.0. The normalized spacial score (nSPS) is 23.2. The minimum Gasteiger partial charge on any atom is -0.313 e. The third kappa shape index (κ3) is 3.48. The van der Waals surface area contributed by atoms with Crippen molar-refractivity contribution in [1.29, 1.82) is 0 Å². The molecule has 0 saturated heterocycles. The van der Waals surface area contributed by atoms with Gasteiger partial charge in [0.15, 0.2) is 0 Å². The van der Waals surface area contributed by atoms with Gasteiger partial charge in [0, 0.05) is 6.04 Å². The van der Waals surface area contributed by atoms with Gasteiger partial charge in [0.1, 0.15) is 0 Å². The van der Waals surface area contributed by atoms with E-state index in [-0.39, 0.29) is 0 Å². The lowest BCUT2D eigenvalue weighted by Crippen LogP contribution is -2.47. The van der Waals surface area contributed by atoms with Crippen molar-refractivity contribution in [2.75, 3.05) is 6.54 Å². The summed E-state index contributed by atoms with van der Waals surface area (Å²) in [6.45, 7) is 10.7. The molecule has 1 rings (SSSR count). The quantitative estimate of drug-likeness (QED) is 0.678. The Hall–Kier alpha value is -0.0400. The molecule has 0 radical (unpaired) electrons. The highest BCUT2D eigenvalue weighted by atomic mass is 14.9. The summed E-state index contributed by atoms with van der Waals surface area (Å²) in [4.78, 5) is 0. The highest BCUT2D eigenvalue weighted by molar-refractivity contribution is 4.93. The smallest absolute Gasteiger partial charge is 0.0146 e. The Kier molecular flexibility index (Phi) is 5.82. The van der Waals surface area contributed by atoms with Gasteiger partial charge < -0.3 is 5.32 Å². The first-order valence-corrected chi connectivity index (χ1v) is 7.37. The Bertz CT molecular complexity index is 182. The zero-order chi connectivity index (χ0) is 12.0. The molecule has 0 heterocycles. The van der Waals surface area contributed by atoms with Crippen LogP contribution in [0.4, 0.5) is 0 Å². The van der Waals surface area contributed by atoms with Crippen LogP contribution in [0.25, 0.3) is 0 Å². The largest absolute Gasteiger partial charge is 0.313 e. The van der Waals surface area contributed by atoms with Crippen molar-refractivity contribution in [3.63, 3.8) is 0 Å². The van der Waals surface area contributed by atoms with E-state index in [1.807, 2.05) is 0 Å². The second kappa shape index (κ2) is 6.64. The molecule has 2 atom stereocenters. The van der Waals surface area contributed by atoms with Crippen LogP contribution in [0, 0.1) is 11.3 Å². The van der Waals surface area contributed by atoms with E-state index >= 15 is 0 Å². The number of rotatable bonds is 7. The van der Waals surface area contributed by atoms with Gasteiger partial charge in [-0.15, -0.1) is 0 Å². The molecule has 1 heteroatoms. The molecule has 96 valence electrons. The Morgan fingerprint density at radius 2 is 1.75 bits per heavy atom. The summed E-state index contributed by atoms with van der Waals surface area (Å²) in [5.74, 6) is 0.833. The van der Waals surface area contributed by atoms with Gasteiger partial charge in [-0.25, -0.2) is 0 Å². The van der Waals surface area contributed by atoms with Crippen LogP contribution >= 0.6 is 0 Å². The topological polar surface area (TPSA) is 12.0 Å². The molecule has 0 bridgehead atoms. The molecule has 16 heavy (non-hydrogen) atoms. The van der Waals surface area contributed by atoms with E-state index in [1.165, 1.54) is 51.5 Å². The lowest BCUT2D eigenvalue weighted by molar-refractivity contribution is 0.160. The summed E-state index contributed by atoms with van der Waals surface area (Å²) in [5.41, 5.74) is 0.573. The maximum absolute atomic E-state index is 3.84. The molecule has 0 aromatic rings. The van der Waals surface area contributed by atoms with E-state index < -0.39 is 0 Å². The fourth-order valence-electron chi connectivity index (χ4n) is 3.55. The van der Waals surface area contributed by atoms with Gasteiger partial charge in [0.2, 0.25) is 0 Å². The van der Waals surface area contributed by atoms with Crippen LogP contribution < -0.4 is 5.32 Å². The molecular formula is C15H31N. The maximum atomic E-state index is 3.84. The van der Waals surface area contributed by atoms with Gasteiger partial charge in [0.05, 0.1) is 0 Å². The fourth-order valence-corrected chi connectivity index (χ4v) is 3.55. The van der Waals surface area contributed by atoms with Gasteiger partial charge in [-0.2, -0.15) is 0 Å². The summed E-state index contributed by atoms with van der Waals surface area (Å²) >= 11 is 0. The van der Waals surface area contributed by atoms with E-state index in [2.05, 4.69) is 33.0 Å². The second-order valence-corrected chi connectivity index (χ2v) is 6.06. The summed E-state index contributed by atoms with van der Waals surface area (Å²) in [6, 6.07) is 0.745. The van der Waals surface area contributed by atoms with E-state index in [4.69, 9.17) is 0 Å². The summed E-state index contributed by atoms with van der Waals surface area (Å²) < 4.78 is 0. The molecule has 0 aromatic heterocycles. The zero-order valence-corrected chi connectivity index (χ0v) is 11.8. The standard InChI is InChI=1S/C15H31N/c1-5-9-13(3)14(16-12-6-2)15(4)10-7-8-11-15/h13-14,16H,5-12H2,1-4H3. The van der Waals surface area contributed by atoms with Crippen molar-refractivity contribution >= 4 is 0 Å². The Morgan fingerprint density at radius 1 is 1.12 bits per heavy atom. The van der Waals surface area contributed by atoms with Crippen molar-refractivity contribution in [1.82, 2.24) is 5.32 Å². The zero-order valence-electron chi connectivity index (χ0n) is 11.8. The van der Waals surface area contributed by atoms with Crippen LogP contribution in [0.5, 0.6) is 0 Å². The predicted octanol–water partition coefficient (Wildman–Crippen LogP) is 4.37. The minimum atomic E-state index is 0.573. The molecule has 1 saturated carbocycles. The molecule has 0 aromatic carbocycles. The van der Waals surface area contributed by atoms with Crippen LogP contribution in [0.1, 0.15) is 72.6 Å². The van der Waals surface area contributed by atoms with Crippen molar-refractivity contribution in [3.05, 3.63) is 0 Å². The van der Waals surface area contributed by atoms with Crippen LogP contribution in [0.15, 0.2) is 0 Å². The van der Waals surface area contributed by atoms with Crippen LogP contribution in [0.3, 0.4) is 0 Å². The van der Waals surface area contributed by atoms with Crippen molar-refractivity contribution < 1.29 is 0 Å². The van der Waals surface area contributed by atoms with E-state index in [0.717, 1.165) is 12.0 Å². The molecule has 1 aliphatic rings. The highest BCUT2D eigenvalue weighted by Crippen LogP contribution is 2.43. The average Bonchev–Trinajstić information content (AvgIpc) is 2.67. The molecule has 1 aliphatic carbocycles. The van der Waals surface area contributed by atoms with Crippen molar-refractivity contribution in [2.24, 2.45) is 11.3 Å². The van der Waals surface area contributed by atoms with Crippen LogP contribution in [-0.4, -0.2) is 12.6 Å².